The molecule has 0 atom stereocenters. The van der Waals surface area contributed by atoms with Crippen molar-refractivity contribution in [3.63, 3.8) is 0 Å². The van der Waals surface area contributed by atoms with Crippen LogP contribution in [0.15, 0.2) is 182 Å². The molecule has 0 heterocycles. The van der Waals surface area contributed by atoms with Crippen LogP contribution in [0.1, 0.15) is 0 Å². The van der Waals surface area contributed by atoms with Crippen molar-refractivity contribution in [1.82, 2.24) is 0 Å². The Labute approximate surface area is 268 Å². The lowest BCUT2D eigenvalue weighted by Gasteiger charge is -2.20. The van der Waals surface area contributed by atoms with E-state index in [2.05, 4.69) is 182 Å². The van der Waals surface area contributed by atoms with Crippen LogP contribution in [0.25, 0.3) is 87.6 Å². The molecular weight excluding hydrogens is 553 g/mol. The minimum atomic E-state index is 1.23. The van der Waals surface area contributed by atoms with Crippen LogP contribution in [0, 0.1) is 0 Å². The number of benzene rings is 9. The van der Waals surface area contributed by atoms with Crippen molar-refractivity contribution < 1.29 is 0 Å². The first-order valence-corrected chi connectivity index (χ1v) is 15.9. The molecule has 0 radical (unpaired) electrons. The van der Waals surface area contributed by atoms with Gasteiger partial charge >= 0.3 is 0 Å². The second-order valence-corrected chi connectivity index (χ2v) is 12.1. The van der Waals surface area contributed by atoms with Gasteiger partial charge in [0.05, 0.1) is 0 Å². The summed E-state index contributed by atoms with van der Waals surface area (Å²) in [5.74, 6) is 0. The minimum absolute atomic E-state index is 1.23. The Balaban J connectivity index is 1.26. The van der Waals surface area contributed by atoms with Gasteiger partial charge in [-0.05, 0) is 93.7 Å². The van der Waals surface area contributed by atoms with Crippen molar-refractivity contribution in [2.24, 2.45) is 0 Å². The summed E-state index contributed by atoms with van der Waals surface area (Å²) in [4.78, 5) is 0. The highest BCUT2D eigenvalue weighted by atomic mass is 14.2. The van der Waals surface area contributed by atoms with Gasteiger partial charge in [0.25, 0.3) is 0 Å². The molecule has 0 nitrogen and oxygen atoms in total. The first-order chi connectivity index (χ1) is 22.8. The maximum absolute atomic E-state index is 2.32. The molecule has 0 aromatic heterocycles. The van der Waals surface area contributed by atoms with Gasteiger partial charge in [-0.25, -0.2) is 0 Å². The lowest BCUT2D eigenvalue weighted by Crippen LogP contribution is -1.93. The molecule has 0 aliphatic rings. The molecule has 0 unspecified atom stereocenters. The molecule has 46 heavy (non-hydrogen) atoms. The van der Waals surface area contributed by atoms with E-state index in [0.717, 1.165) is 0 Å². The molecule has 0 bridgehead atoms. The average Bonchev–Trinajstić information content (AvgIpc) is 3.13. The fraction of sp³-hybridized carbons (Fsp3) is 0. The maximum Gasteiger partial charge on any atom is -0.00201 e. The lowest BCUT2D eigenvalue weighted by atomic mass is 9.83. The number of fused-ring (bicyclic) bond motifs is 4. The van der Waals surface area contributed by atoms with Crippen molar-refractivity contribution in [3.8, 4) is 44.5 Å². The van der Waals surface area contributed by atoms with E-state index < -0.39 is 0 Å². The zero-order valence-corrected chi connectivity index (χ0v) is 25.3. The summed E-state index contributed by atoms with van der Waals surface area (Å²) in [6.07, 6.45) is 0. The minimum Gasteiger partial charge on any atom is -0.0616 e. The normalized spacial score (nSPS) is 11.5. The third-order valence-electron chi connectivity index (χ3n) is 9.46. The standard InChI is InChI=1S/C46H30/c1-2-14-35-30-36(29-24-31(35)12-1)39-17-5-6-18-40(39)46-43-21-9-7-19-41(43)45(42-20-8-10-22-44(42)46)34-27-25-33(26-28-34)38-23-11-15-32-13-3-4-16-37(32)38/h1-30H. The molecule has 9 aromatic rings. The summed E-state index contributed by atoms with van der Waals surface area (Å²) in [7, 11) is 0. The van der Waals surface area contributed by atoms with E-state index in [1.54, 1.807) is 0 Å². The van der Waals surface area contributed by atoms with Crippen LogP contribution in [0.2, 0.25) is 0 Å². The Morgan fingerprint density at radius 2 is 0.674 bits per heavy atom. The summed E-state index contributed by atoms with van der Waals surface area (Å²) in [5, 5.41) is 10.1. The van der Waals surface area contributed by atoms with Gasteiger partial charge in [-0.15, -0.1) is 0 Å². The molecule has 0 heteroatoms. The lowest BCUT2D eigenvalue weighted by molar-refractivity contribution is 1.62. The fourth-order valence-electron chi connectivity index (χ4n) is 7.33. The summed E-state index contributed by atoms with van der Waals surface area (Å²) >= 11 is 0. The average molecular weight is 583 g/mol. The van der Waals surface area contributed by atoms with Gasteiger partial charge in [-0.1, -0.05) is 176 Å². The Morgan fingerprint density at radius 3 is 1.37 bits per heavy atom. The van der Waals surface area contributed by atoms with E-state index in [1.807, 2.05) is 0 Å². The first-order valence-electron chi connectivity index (χ1n) is 15.9. The van der Waals surface area contributed by atoms with Gasteiger partial charge in [0, 0.05) is 0 Å². The molecule has 0 saturated carbocycles. The Bertz CT molecular complexity index is 2510. The summed E-state index contributed by atoms with van der Waals surface area (Å²) in [5.41, 5.74) is 10.0. The Morgan fingerprint density at radius 1 is 0.217 bits per heavy atom. The van der Waals surface area contributed by atoms with Crippen molar-refractivity contribution >= 4 is 43.1 Å². The Kier molecular flexibility index (Phi) is 6.25. The number of rotatable bonds is 4. The van der Waals surface area contributed by atoms with E-state index in [4.69, 9.17) is 0 Å². The molecule has 214 valence electrons. The highest BCUT2D eigenvalue weighted by molar-refractivity contribution is 6.22. The third-order valence-corrected chi connectivity index (χ3v) is 9.46. The Hall–Kier alpha value is -5.98. The monoisotopic (exact) mass is 582 g/mol. The van der Waals surface area contributed by atoms with Gasteiger partial charge in [0.1, 0.15) is 0 Å². The van der Waals surface area contributed by atoms with Crippen molar-refractivity contribution in [2.45, 2.75) is 0 Å². The molecule has 0 N–H and O–H groups in total. The van der Waals surface area contributed by atoms with Crippen molar-refractivity contribution in [2.75, 3.05) is 0 Å². The maximum atomic E-state index is 2.32. The molecular formula is C46H30. The van der Waals surface area contributed by atoms with Crippen LogP contribution in [-0.4, -0.2) is 0 Å². The molecule has 0 aliphatic carbocycles. The number of hydrogen-bond acceptors (Lipinski definition) is 0. The van der Waals surface area contributed by atoms with Crippen molar-refractivity contribution in [3.05, 3.63) is 182 Å². The first kappa shape index (κ1) is 26.4. The van der Waals surface area contributed by atoms with Gasteiger partial charge in [0.15, 0.2) is 0 Å². The van der Waals surface area contributed by atoms with E-state index in [1.165, 1.54) is 87.6 Å². The summed E-state index contributed by atoms with van der Waals surface area (Å²) in [6.45, 7) is 0. The molecule has 0 amide bonds. The van der Waals surface area contributed by atoms with Gasteiger partial charge in [0.2, 0.25) is 0 Å². The summed E-state index contributed by atoms with van der Waals surface area (Å²) < 4.78 is 0. The topological polar surface area (TPSA) is 0 Å². The predicted molar refractivity (Wildman–Crippen MR) is 198 cm³/mol. The van der Waals surface area contributed by atoms with E-state index in [0.29, 0.717) is 0 Å². The van der Waals surface area contributed by atoms with Gasteiger partial charge in [-0.2, -0.15) is 0 Å². The molecule has 9 rings (SSSR count). The quantitative estimate of drug-likeness (QED) is 0.181. The highest BCUT2D eigenvalue weighted by Crippen LogP contribution is 2.46. The van der Waals surface area contributed by atoms with Crippen molar-refractivity contribution in [1.29, 1.82) is 0 Å². The molecule has 0 aliphatic heterocycles. The SMILES string of the molecule is c1ccc(-c2c3ccccc3c(-c3ccc(-c4cccc5ccccc45)cc3)c3ccccc23)c(-c2ccc3ccccc3c2)c1. The van der Waals surface area contributed by atoms with E-state index >= 15 is 0 Å². The highest BCUT2D eigenvalue weighted by Gasteiger charge is 2.19. The smallest absolute Gasteiger partial charge is 0.00201 e. The fourth-order valence-corrected chi connectivity index (χ4v) is 7.33. The predicted octanol–water partition coefficient (Wildman–Crippen LogP) is 13.0. The summed E-state index contributed by atoms with van der Waals surface area (Å²) in [6, 6.07) is 66.5. The van der Waals surface area contributed by atoms with Gasteiger partial charge in [-0.3, -0.25) is 0 Å². The van der Waals surface area contributed by atoms with E-state index in [-0.39, 0.29) is 0 Å². The zero-order valence-electron chi connectivity index (χ0n) is 25.3. The molecule has 0 saturated heterocycles. The van der Waals surface area contributed by atoms with Crippen LogP contribution in [-0.2, 0) is 0 Å². The molecule has 0 fully saturated rings. The third kappa shape index (κ3) is 4.30. The molecule has 0 spiro atoms. The number of hydrogen-bond donors (Lipinski definition) is 0. The van der Waals surface area contributed by atoms with E-state index in [9.17, 15) is 0 Å². The van der Waals surface area contributed by atoms with Crippen LogP contribution < -0.4 is 0 Å². The van der Waals surface area contributed by atoms with Gasteiger partial charge < -0.3 is 0 Å². The second kappa shape index (κ2) is 10.9. The zero-order chi connectivity index (χ0) is 30.5. The van der Waals surface area contributed by atoms with Crippen LogP contribution in [0.3, 0.4) is 0 Å². The molecule has 9 aromatic carbocycles. The van der Waals surface area contributed by atoms with Crippen LogP contribution in [0.5, 0.6) is 0 Å². The second-order valence-electron chi connectivity index (χ2n) is 12.1. The van der Waals surface area contributed by atoms with Crippen LogP contribution in [0.4, 0.5) is 0 Å². The van der Waals surface area contributed by atoms with Crippen LogP contribution >= 0.6 is 0 Å². The largest absolute Gasteiger partial charge is 0.0616 e.